The van der Waals surface area contributed by atoms with Gasteiger partial charge in [0, 0.05) is 17.8 Å². The Morgan fingerprint density at radius 3 is 2.30 bits per heavy atom. The van der Waals surface area contributed by atoms with E-state index in [1.165, 1.54) is 0 Å². The minimum atomic E-state index is 0.380. The van der Waals surface area contributed by atoms with E-state index >= 15 is 0 Å². The molecule has 0 amide bonds. The highest BCUT2D eigenvalue weighted by Gasteiger charge is 2.08. The molecule has 0 aliphatic carbocycles. The molecule has 5 heteroatoms. The van der Waals surface area contributed by atoms with Crippen LogP contribution in [0.5, 0.6) is 0 Å². The van der Waals surface area contributed by atoms with Crippen LogP contribution >= 0.6 is 23.2 Å². The summed E-state index contributed by atoms with van der Waals surface area (Å²) in [6, 6.07) is 15.0. The number of rotatable bonds is 2. The van der Waals surface area contributed by atoms with Crippen molar-refractivity contribution in [2.75, 3.05) is 0 Å². The zero-order valence-corrected chi connectivity index (χ0v) is 11.8. The van der Waals surface area contributed by atoms with Gasteiger partial charge in [-0.05, 0) is 12.1 Å². The zero-order valence-electron chi connectivity index (χ0n) is 10.3. The highest BCUT2D eigenvalue weighted by molar-refractivity contribution is 6.30. The summed E-state index contributed by atoms with van der Waals surface area (Å²) in [4.78, 5) is 12.9. The fourth-order valence-electron chi connectivity index (χ4n) is 1.80. The number of nitrogens with zero attached hydrogens (tertiary/aromatic N) is 3. The van der Waals surface area contributed by atoms with Gasteiger partial charge in [-0.1, -0.05) is 53.5 Å². The van der Waals surface area contributed by atoms with Crippen LogP contribution in [0.4, 0.5) is 0 Å². The molecule has 0 spiro atoms. The summed E-state index contributed by atoms with van der Waals surface area (Å²) in [5.41, 5.74) is 2.37. The summed E-state index contributed by atoms with van der Waals surface area (Å²) < 4.78 is 0. The Morgan fingerprint density at radius 2 is 1.60 bits per heavy atom. The van der Waals surface area contributed by atoms with Crippen LogP contribution in [0.2, 0.25) is 10.2 Å². The van der Waals surface area contributed by atoms with Crippen molar-refractivity contribution in [3.05, 3.63) is 64.9 Å². The highest BCUT2D eigenvalue weighted by atomic mass is 35.5. The van der Waals surface area contributed by atoms with E-state index in [4.69, 9.17) is 23.2 Å². The van der Waals surface area contributed by atoms with E-state index < -0.39 is 0 Å². The lowest BCUT2D eigenvalue weighted by molar-refractivity contribution is 1.14. The first kappa shape index (κ1) is 13.0. The number of halogens is 2. The van der Waals surface area contributed by atoms with Gasteiger partial charge < -0.3 is 0 Å². The maximum absolute atomic E-state index is 6.08. The molecule has 0 fully saturated rings. The van der Waals surface area contributed by atoms with Gasteiger partial charge in [-0.2, -0.15) is 0 Å². The first-order valence-electron chi connectivity index (χ1n) is 5.94. The van der Waals surface area contributed by atoms with Crippen LogP contribution in [0.25, 0.3) is 22.8 Å². The van der Waals surface area contributed by atoms with E-state index in [9.17, 15) is 0 Å². The second-order valence-electron chi connectivity index (χ2n) is 4.13. The van der Waals surface area contributed by atoms with Crippen molar-refractivity contribution >= 4 is 23.2 Å². The van der Waals surface area contributed by atoms with E-state index in [0.29, 0.717) is 21.7 Å². The number of hydrogen-bond donors (Lipinski definition) is 0. The van der Waals surface area contributed by atoms with Crippen LogP contribution < -0.4 is 0 Å². The molecule has 0 aliphatic heterocycles. The van der Waals surface area contributed by atoms with Crippen molar-refractivity contribution < 1.29 is 0 Å². The van der Waals surface area contributed by atoms with Gasteiger partial charge in [0.15, 0.2) is 5.82 Å². The Bertz CT molecular complexity index is 728. The van der Waals surface area contributed by atoms with Crippen molar-refractivity contribution in [1.82, 2.24) is 15.0 Å². The van der Waals surface area contributed by atoms with Crippen LogP contribution in [-0.4, -0.2) is 15.0 Å². The van der Waals surface area contributed by atoms with E-state index in [-0.39, 0.29) is 0 Å². The molecule has 0 unspecified atom stereocenters. The van der Waals surface area contributed by atoms with E-state index in [1.807, 2.05) is 30.3 Å². The topological polar surface area (TPSA) is 38.7 Å². The standard InChI is InChI=1S/C15H9Cl2N3/c16-11-6-7-12(18-9-11)15-19-13(8-14(17)20-15)10-4-2-1-3-5-10/h1-9H. The molecule has 0 aliphatic rings. The van der Waals surface area contributed by atoms with Crippen LogP contribution in [-0.2, 0) is 0 Å². The molecular formula is C15H9Cl2N3. The van der Waals surface area contributed by atoms with E-state index in [1.54, 1.807) is 24.4 Å². The van der Waals surface area contributed by atoms with Crippen molar-refractivity contribution in [3.8, 4) is 22.8 Å². The minimum Gasteiger partial charge on any atom is -0.251 e. The predicted molar refractivity (Wildman–Crippen MR) is 80.7 cm³/mol. The Morgan fingerprint density at radius 1 is 0.800 bits per heavy atom. The second kappa shape index (κ2) is 5.57. The molecule has 3 aromatic rings. The molecular weight excluding hydrogens is 293 g/mol. The van der Waals surface area contributed by atoms with Crippen LogP contribution in [0, 0.1) is 0 Å². The molecule has 0 N–H and O–H groups in total. The average molecular weight is 302 g/mol. The van der Waals surface area contributed by atoms with Crippen LogP contribution in [0.3, 0.4) is 0 Å². The van der Waals surface area contributed by atoms with E-state index in [2.05, 4.69) is 15.0 Å². The SMILES string of the molecule is Clc1ccc(-c2nc(Cl)cc(-c3ccccc3)n2)nc1. The minimum absolute atomic E-state index is 0.380. The first-order valence-corrected chi connectivity index (χ1v) is 6.70. The largest absolute Gasteiger partial charge is 0.251 e. The Kier molecular flexibility index (Phi) is 3.63. The fraction of sp³-hybridized carbons (Fsp3) is 0. The quantitative estimate of drug-likeness (QED) is 0.654. The summed E-state index contributed by atoms with van der Waals surface area (Å²) in [5, 5.41) is 0.949. The average Bonchev–Trinajstić information content (AvgIpc) is 2.48. The van der Waals surface area contributed by atoms with Gasteiger partial charge in [0.05, 0.1) is 10.7 Å². The summed E-state index contributed by atoms with van der Waals surface area (Å²) in [6.07, 6.45) is 1.56. The fourth-order valence-corrected chi connectivity index (χ4v) is 2.09. The summed E-state index contributed by atoms with van der Waals surface area (Å²) in [6.45, 7) is 0. The molecule has 0 saturated carbocycles. The number of hydrogen-bond acceptors (Lipinski definition) is 3. The third kappa shape index (κ3) is 2.79. The number of benzene rings is 1. The molecule has 3 nitrogen and oxygen atoms in total. The van der Waals surface area contributed by atoms with Gasteiger partial charge in [-0.25, -0.2) is 9.97 Å². The molecule has 0 atom stereocenters. The smallest absolute Gasteiger partial charge is 0.180 e. The number of aromatic nitrogens is 3. The van der Waals surface area contributed by atoms with Crippen molar-refractivity contribution in [3.63, 3.8) is 0 Å². The molecule has 0 radical (unpaired) electrons. The summed E-state index contributed by atoms with van der Waals surface area (Å²) in [5.74, 6) is 0.480. The van der Waals surface area contributed by atoms with Gasteiger partial charge in [0.2, 0.25) is 0 Å². The lowest BCUT2D eigenvalue weighted by Gasteiger charge is -2.05. The molecule has 1 aromatic carbocycles. The summed E-state index contributed by atoms with van der Waals surface area (Å²) in [7, 11) is 0. The van der Waals surface area contributed by atoms with Gasteiger partial charge in [-0.15, -0.1) is 0 Å². The maximum atomic E-state index is 6.08. The predicted octanol–water partition coefficient (Wildman–Crippen LogP) is 4.51. The Hall–Kier alpha value is -1.97. The van der Waals surface area contributed by atoms with Crippen molar-refractivity contribution in [2.45, 2.75) is 0 Å². The van der Waals surface area contributed by atoms with E-state index in [0.717, 1.165) is 11.3 Å². The van der Waals surface area contributed by atoms with Gasteiger partial charge >= 0.3 is 0 Å². The maximum Gasteiger partial charge on any atom is 0.180 e. The molecule has 0 bridgehead atoms. The summed E-state index contributed by atoms with van der Waals surface area (Å²) >= 11 is 11.9. The lowest BCUT2D eigenvalue weighted by atomic mass is 10.1. The molecule has 2 heterocycles. The number of pyridine rings is 1. The normalized spacial score (nSPS) is 10.5. The molecule has 0 saturated heterocycles. The molecule has 3 rings (SSSR count). The van der Waals surface area contributed by atoms with Crippen molar-refractivity contribution in [2.24, 2.45) is 0 Å². The molecule has 98 valence electrons. The van der Waals surface area contributed by atoms with Gasteiger partial charge in [-0.3, -0.25) is 4.98 Å². The lowest BCUT2D eigenvalue weighted by Crippen LogP contribution is -1.94. The van der Waals surface area contributed by atoms with Crippen LogP contribution in [0.1, 0.15) is 0 Å². The van der Waals surface area contributed by atoms with Crippen LogP contribution in [0.15, 0.2) is 54.7 Å². The third-order valence-corrected chi connectivity index (χ3v) is 3.14. The molecule has 20 heavy (non-hydrogen) atoms. The Labute approximate surface area is 126 Å². The zero-order chi connectivity index (χ0) is 13.9. The third-order valence-electron chi connectivity index (χ3n) is 2.72. The monoisotopic (exact) mass is 301 g/mol. The van der Waals surface area contributed by atoms with Crippen molar-refractivity contribution in [1.29, 1.82) is 0 Å². The van der Waals surface area contributed by atoms with Gasteiger partial charge in [0.25, 0.3) is 0 Å². The first-order chi connectivity index (χ1) is 9.72. The highest BCUT2D eigenvalue weighted by Crippen LogP contribution is 2.23. The molecule has 2 aromatic heterocycles. The van der Waals surface area contributed by atoms with Gasteiger partial charge in [0.1, 0.15) is 10.8 Å². The second-order valence-corrected chi connectivity index (χ2v) is 4.95. The Balaban J connectivity index is 2.09.